The van der Waals surface area contributed by atoms with Crippen molar-refractivity contribution < 1.29 is 14.6 Å². The van der Waals surface area contributed by atoms with Crippen LogP contribution in [0.3, 0.4) is 0 Å². The van der Waals surface area contributed by atoms with Gasteiger partial charge in [0, 0.05) is 6.04 Å². The van der Waals surface area contributed by atoms with Crippen LogP contribution in [0.5, 0.6) is 5.75 Å². The summed E-state index contributed by atoms with van der Waals surface area (Å²) in [5.74, 6) is 0.371. The molecule has 1 aromatic carbocycles. The molecule has 1 rings (SSSR count). The number of aryl methyl sites for hydroxylation is 1. The lowest BCUT2D eigenvalue weighted by Crippen LogP contribution is -2.26. The molecule has 0 amide bonds. The van der Waals surface area contributed by atoms with Gasteiger partial charge in [-0.05, 0) is 42.0 Å². The number of hydrogen-bond donors (Lipinski definition) is 2. The van der Waals surface area contributed by atoms with Gasteiger partial charge in [-0.2, -0.15) is 0 Å². The number of ether oxygens (including phenoxy) is 1. The highest BCUT2D eigenvalue weighted by atomic mass is 16.5. The van der Waals surface area contributed by atoms with E-state index in [0.717, 1.165) is 22.4 Å². The maximum absolute atomic E-state index is 10.7. The minimum atomic E-state index is -0.859. The molecule has 19 heavy (non-hydrogen) atoms. The Kier molecular flexibility index (Phi) is 5.36. The van der Waals surface area contributed by atoms with Crippen LogP contribution in [0.2, 0.25) is 0 Å². The van der Waals surface area contributed by atoms with Crippen LogP contribution < -0.4 is 10.5 Å². The number of benzene rings is 1. The Hall–Kier alpha value is -1.55. The van der Waals surface area contributed by atoms with E-state index in [1.54, 1.807) is 7.11 Å². The second-order valence-electron chi connectivity index (χ2n) is 5.24. The molecule has 0 aromatic heterocycles. The third kappa shape index (κ3) is 4.24. The Morgan fingerprint density at radius 1 is 1.42 bits per heavy atom. The predicted octanol–water partition coefficient (Wildman–Crippen LogP) is 2.47. The molecule has 0 fully saturated rings. The van der Waals surface area contributed by atoms with Gasteiger partial charge in [-0.25, -0.2) is 0 Å². The molecule has 1 aromatic rings. The summed E-state index contributed by atoms with van der Waals surface area (Å²) in [4.78, 5) is 10.7. The molecule has 0 aliphatic rings. The van der Waals surface area contributed by atoms with Crippen molar-refractivity contribution in [2.75, 3.05) is 7.11 Å². The first-order chi connectivity index (χ1) is 8.85. The second kappa shape index (κ2) is 6.57. The summed E-state index contributed by atoms with van der Waals surface area (Å²) in [6.07, 6.45) is 0.560. The van der Waals surface area contributed by atoms with E-state index >= 15 is 0 Å². The Balaban J connectivity index is 3.01. The number of carbonyl (C=O) groups is 1. The number of methoxy groups -OCH3 is 1. The van der Waals surface area contributed by atoms with Gasteiger partial charge >= 0.3 is 5.97 Å². The third-order valence-electron chi connectivity index (χ3n) is 3.23. The maximum atomic E-state index is 10.7. The van der Waals surface area contributed by atoms with Gasteiger partial charge in [-0.15, -0.1) is 0 Å². The average Bonchev–Trinajstić information content (AvgIpc) is 2.29. The van der Waals surface area contributed by atoms with E-state index in [2.05, 4.69) is 19.9 Å². The fourth-order valence-electron chi connectivity index (χ4n) is 2.17. The smallest absolute Gasteiger partial charge is 0.304 e. The molecular formula is C15H23NO3. The topological polar surface area (TPSA) is 72.5 Å². The third-order valence-corrected chi connectivity index (χ3v) is 3.23. The number of rotatable bonds is 6. The summed E-state index contributed by atoms with van der Waals surface area (Å²) in [7, 11) is 1.66. The van der Waals surface area contributed by atoms with Crippen molar-refractivity contribution in [3.05, 3.63) is 28.8 Å². The lowest BCUT2D eigenvalue weighted by molar-refractivity contribution is -0.137. The zero-order valence-corrected chi connectivity index (χ0v) is 12.1. The van der Waals surface area contributed by atoms with Crippen molar-refractivity contribution in [1.82, 2.24) is 0 Å². The minimum absolute atomic E-state index is 0.0114. The van der Waals surface area contributed by atoms with Gasteiger partial charge in [-0.3, -0.25) is 4.79 Å². The van der Waals surface area contributed by atoms with Crippen molar-refractivity contribution >= 4 is 5.97 Å². The molecular weight excluding hydrogens is 242 g/mol. The van der Waals surface area contributed by atoms with E-state index in [0.29, 0.717) is 12.3 Å². The van der Waals surface area contributed by atoms with Crippen molar-refractivity contribution in [3.63, 3.8) is 0 Å². The van der Waals surface area contributed by atoms with Gasteiger partial charge in [0.1, 0.15) is 5.75 Å². The van der Waals surface area contributed by atoms with E-state index in [9.17, 15) is 4.79 Å². The van der Waals surface area contributed by atoms with E-state index in [-0.39, 0.29) is 12.5 Å². The average molecular weight is 265 g/mol. The number of carboxylic acid groups (broad SMARTS) is 1. The highest BCUT2D eigenvalue weighted by Gasteiger charge is 2.14. The molecule has 0 radical (unpaired) electrons. The summed E-state index contributed by atoms with van der Waals surface area (Å²) in [5, 5.41) is 8.76. The van der Waals surface area contributed by atoms with Gasteiger partial charge in [0.15, 0.2) is 0 Å². The highest BCUT2D eigenvalue weighted by Crippen LogP contribution is 2.30. The van der Waals surface area contributed by atoms with Crippen LogP contribution in [0.1, 0.15) is 42.9 Å². The highest BCUT2D eigenvalue weighted by molar-refractivity contribution is 5.67. The summed E-state index contributed by atoms with van der Waals surface area (Å²) in [6.45, 7) is 6.21. The van der Waals surface area contributed by atoms with Gasteiger partial charge in [0.2, 0.25) is 0 Å². The zero-order chi connectivity index (χ0) is 14.6. The predicted molar refractivity (Wildman–Crippen MR) is 75.8 cm³/mol. The maximum Gasteiger partial charge on any atom is 0.304 e. The lowest BCUT2D eigenvalue weighted by Gasteiger charge is -2.18. The number of aliphatic carboxylic acids is 1. The van der Waals surface area contributed by atoms with Gasteiger partial charge < -0.3 is 15.6 Å². The molecule has 106 valence electrons. The molecule has 0 aliphatic heterocycles. The Bertz CT molecular complexity index is 455. The van der Waals surface area contributed by atoms with Crippen molar-refractivity contribution in [3.8, 4) is 5.75 Å². The quantitative estimate of drug-likeness (QED) is 0.828. The van der Waals surface area contributed by atoms with E-state index in [4.69, 9.17) is 15.6 Å². The van der Waals surface area contributed by atoms with Crippen LogP contribution in [-0.2, 0) is 11.2 Å². The van der Waals surface area contributed by atoms with Crippen LogP contribution in [0.4, 0.5) is 0 Å². The van der Waals surface area contributed by atoms with Crippen LogP contribution in [0.15, 0.2) is 12.1 Å². The number of hydrogen-bond acceptors (Lipinski definition) is 3. The monoisotopic (exact) mass is 265 g/mol. The zero-order valence-electron chi connectivity index (χ0n) is 12.1. The van der Waals surface area contributed by atoms with Crippen LogP contribution in [-0.4, -0.2) is 24.2 Å². The normalized spacial score (nSPS) is 12.5. The first-order valence-corrected chi connectivity index (χ1v) is 6.50. The molecule has 3 N–H and O–H groups in total. The Morgan fingerprint density at radius 2 is 2.05 bits per heavy atom. The van der Waals surface area contributed by atoms with Crippen LogP contribution in [0.25, 0.3) is 0 Å². The fourth-order valence-corrected chi connectivity index (χ4v) is 2.17. The molecule has 1 unspecified atom stereocenters. The molecule has 4 nitrogen and oxygen atoms in total. The summed E-state index contributed by atoms with van der Waals surface area (Å²) in [5.41, 5.74) is 9.17. The van der Waals surface area contributed by atoms with Gasteiger partial charge in [-0.1, -0.05) is 19.9 Å². The summed E-state index contributed by atoms with van der Waals surface area (Å²) in [6, 6.07) is 3.73. The number of carboxylic acids is 1. The van der Waals surface area contributed by atoms with E-state index in [1.165, 1.54) is 0 Å². The molecule has 0 spiro atoms. The Morgan fingerprint density at radius 3 is 2.53 bits per heavy atom. The fraction of sp³-hybridized carbons (Fsp3) is 0.533. The standard InChI is InChI=1S/C15H23NO3/c1-9(2)13-7-11(6-12(16)8-15(17)18)10(3)5-14(13)19-4/h5,7,9,12H,6,8,16H2,1-4H3,(H,17,18). The number of nitrogens with two attached hydrogens (primary N) is 1. The minimum Gasteiger partial charge on any atom is -0.496 e. The lowest BCUT2D eigenvalue weighted by atomic mass is 9.93. The van der Waals surface area contributed by atoms with Gasteiger partial charge in [0.05, 0.1) is 13.5 Å². The van der Waals surface area contributed by atoms with Gasteiger partial charge in [0.25, 0.3) is 0 Å². The van der Waals surface area contributed by atoms with Crippen LogP contribution >= 0.6 is 0 Å². The summed E-state index contributed by atoms with van der Waals surface area (Å²) < 4.78 is 5.39. The summed E-state index contributed by atoms with van der Waals surface area (Å²) >= 11 is 0. The molecule has 0 bridgehead atoms. The molecule has 4 heteroatoms. The SMILES string of the molecule is COc1cc(C)c(CC(N)CC(=O)O)cc1C(C)C. The molecule has 0 aliphatic carbocycles. The molecule has 0 saturated carbocycles. The van der Waals surface area contributed by atoms with E-state index in [1.807, 2.05) is 13.0 Å². The van der Waals surface area contributed by atoms with E-state index < -0.39 is 5.97 Å². The first-order valence-electron chi connectivity index (χ1n) is 6.50. The second-order valence-corrected chi connectivity index (χ2v) is 5.24. The van der Waals surface area contributed by atoms with Crippen molar-refractivity contribution in [2.45, 2.75) is 45.6 Å². The Labute approximate surface area is 114 Å². The van der Waals surface area contributed by atoms with Crippen molar-refractivity contribution in [1.29, 1.82) is 0 Å². The van der Waals surface area contributed by atoms with Crippen molar-refractivity contribution in [2.24, 2.45) is 5.73 Å². The molecule has 0 heterocycles. The van der Waals surface area contributed by atoms with Crippen LogP contribution in [0, 0.1) is 6.92 Å². The molecule has 0 saturated heterocycles. The largest absolute Gasteiger partial charge is 0.496 e. The molecule has 1 atom stereocenters. The first kappa shape index (κ1) is 15.5.